The van der Waals surface area contributed by atoms with Crippen molar-refractivity contribution in [1.82, 2.24) is 9.55 Å². The van der Waals surface area contributed by atoms with Crippen LogP contribution in [0.2, 0.25) is 0 Å². The number of aromatic nitrogens is 2. The average Bonchev–Trinajstić information content (AvgIpc) is 3.04. The molecule has 1 N–H and O–H groups in total. The summed E-state index contributed by atoms with van der Waals surface area (Å²) in [7, 11) is 0. The molecule has 3 aromatic rings. The highest BCUT2D eigenvalue weighted by molar-refractivity contribution is 7.12. The summed E-state index contributed by atoms with van der Waals surface area (Å²) in [5.74, 6) is 0.117. The summed E-state index contributed by atoms with van der Waals surface area (Å²) in [6.45, 7) is 2.61. The largest absolute Gasteiger partial charge is 0.477 e. The Morgan fingerprint density at radius 2 is 2.15 bits per heavy atom. The molecule has 0 amide bonds. The zero-order chi connectivity index (χ0) is 14.1. The molecular formula is C15H14N2O2S. The van der Waals surface area contributed by atoms with Crippen molar-refractivity contribution in [3.8, 4) is 0 Å². The standard InChI is InChI=1S/C15H14N2O2S/c1-2-13-16-11-5-3-4-6-12(11)17(13)9-10-7-8-20-14(10)15(18)19/h3-8H,2,9H2,1H3,(H,18,19). The number of fused-ring (bicyclic) bond motifs is 1. The first kappa shape index (κ1) is 12.9. The molecule has 2 aromatic heterocycles. The molecule has 102 valence electrons. The zero-order valence-electron chi connectivity index (χ0n) is 11.0. The van der Waals surface area contributed by atoms with Crippen LogP contribution in [0, 0.1) is 0 Å². The second-order valence-electron chi connectivity index (χ2n) is 4.54. The van der Waals surface area contributed by atoms with E-state index in [-0.39, 0.29) is 0 Å². The maximum atomic E-state index is 11.2. The topological polar surface area (TPSA) is 55.1 Å². The Kier molecular flexibility index (Phi) is 3.28. The molecule has 0 aliphatic carbocycles. The van der Waals surface area contributed by atoms with Crippen LogP contribution in [0.3, 0.4) is 0 Å². The van der Waals surface area contributed by atoms with Gasteiger partial charge in [0, 0.05) is 6.42 Å². The lowest BCUT2D eigenvalue weighted by atomic mass is 10.2. The third-order valence-electron chi connectivity index (χ3n) is 3.32. The molecule has 0 atom stereocenters. The summed E-state index contributed by atoms with van der Waals surface area (Å²) in [5, 5.41) is 11.0. The minimum atomic E-state index is -0.863. The Hall–Kier alpha value is -2.14. The van der Waals surface area contributed by atoms with Crippen molar-refractivity contribution in [2.75, 3.05) is 0 Å². The number of imidazole rings is 1. The number of hydrogen-bond acceptors (Lipinski definition) is 3. The lowest BCUT2D eigenvalue weighted by Gasteiger charge is -2.07. The molecule has 5 heteroatoms. The summed E-state index contributed by atoms with van der Waals surface area (Å²) in [4.78, 5) is 16.2. The van der Waals surface area contributed by atoms with Crippen molar-refractivity contribution in [2.24, 2.45) is 0 Å². The first-order chi connectivity index (χ1) is 9.70. The van der Waals surface area contributed by atoms with Gasteiger partial charge >= 0.3 is 5.97 Å². The third kappa shape index (κ3) is 2.10. The van der Waals surface area contributed by atoms with Crippen LogP contribution in [0.4, 0.5) is 0 Å². The van der Waals surface area contributed by atoms with E-state index < -0.39 is 5.97 Å². The Morgan fingerprint density at radius 1 is 1.35 bits per heavy atom. The highest BCUT2D eigenvalue weighted by Gasteiger charge is 2.15. The number of carboxylic acid groups (broad SMARTS) is 1. The number of carboxylic acids is 1. The highest BCUT2D eigenvalue weighted by Crippen LogP contribution is 2.22. The fourth-order valence-electron chi connectivity index (χ4n) is 2.39. The van der Waals surface area contributed by atoms with Gasteiger partial charge in [-0.2, -0.15) is 0 Å². The van der Waals surface area contributed by atoms with Crippen LogP contribution in [-0.2, 0) is 13.0 Å². The number of aryl methyl sites for hydroxylation is 1. The van der Waals surface area contributed by atoms with Crippen LogP contribution < -0.4 is 0 Å². The van der Waals surface area contributed by atoms with E-state index in [1.807, 2.05) is 35.7 Å². The van der Waals surface area contributed by atoms with E-state index in [0.717, 1.165) is 28.8 Å². The summed E-state index contributed by atoms with van der Waals surface area (Å²) in [6.07, 6.45) is 0.821. The van der Waals surface area contributed by atoms with Crippen LogP contribution >= 0.6 is 11.3 Å². The van der Waals surface area contributed by atoms with Gasteiger partial charge in [-0.1, -0.05) is 19.1 Å². The maximum absolute atomic E-state index is 11.2. The van der Waals surface area contributed by atoms with Gasteiger partial charge in [0.05, 0.1) is 17.6 Å². The normalized spacial score (nSPS) is 11.1. The monoisotopic (exact) mass is 286 g/mol. The van der Waals surface area contributed by atoms with Gasteiger partial charge in [0.15, 0.2) is 0 Å². The minimum absolute atomic E-state index is 0.407. The maximum Gasteiger partial charge on any atom is 0.346 e. The summed E-state index contributed by atoms with van der Waals surface area (Å²) in [5.41, 5.74) is 2.84. The molecule has 20 heavy (non-hydrogen) atoms. The van der Waals surface area contributed by atoms with E-state index in [9.17, 15) is 9.90 Å². The Bertz CT molecular complexity index is 773. The molecule has 1 aromatic carbocycles. The number of para-hydroxylation sites is 2. The first-order valence-electron chi connectivity index (χ1n) is 6.44. The fraction of sp³-hybridized carbons (Fsp3) is 0.200. The van der Waals surface area contributed by atoms with Crippen LogP contribution in [0.1, 0.15) is 28.0 Å². The molecule has 0 fully saturated rings. The van der Waals surface area contributed by atoms with Crippen LogP contribution in [0.25, 0.3) is 11.0 Å². The molecule has 0 unspecified atom stereocenters. The van der Waals surface area contributed by atoms with Gasteiger partial charge in [0.1, 0.15) is 10.7 Å². The predicted octanol–water partition coefficient (Wildman–Crippen LogP) is 3.41. The third-order valence-corrected chi connectivity index (χ3v) is 4.26. The van der Waals surface area contributed by atoms with Crippen molar-refractivity contribution in [3.05, 3.63) is 52.0 Å². The van der Waals surface area contributed by atoms with Gasteiger partial charge in [-0.25, -0.2) is 9.78 Å². The van der Waals surface area contributed by atoms with E-state index in [2.05, 4.69) is 16.5 Å². The van der Waals surface area contributed by atoms with Crippen molar-refractivity contribution in [3.63, 3.8) is 0 Å². The van der Waals surface area contributed by atoms with E-state index in [1.165, 1.54) is 11.3 Å². The SMILES string of the molecule is CCc1nc2ccccc2n1Cc1ccsc1C(=O)O. The number of aromatic carboxylic acids is 1. The molecule has 0 spiro atoms. The second kappa shape index (κ2) is 5.09. The van der Waals surface area contributed by atoms with E-state index in [4.69, 9.17) is 0 Å². The molecule has 0 aliphatic heterocycles. The van der Waals surface area contributed by atoms with Crippen molar-refractivity contribution in [2.45, 2.75) is 19.9 Å². The quantitative estimate of drug-likeness (QED) is 0.799. The van der Waals surface area contributed by atoms with Gasteiger partial charge in [-0.15, -0.1) is 11.3 Å². The van der Waals surface area contributed by atoms with Gasteiger partial charge < -0.3 is 9.67 Å². The molecule has 0 saturated carbocycles. The Labute approximate surface area is 120 Å². The second-order valence-corrected chi connectivity index (χ2v) is 5.45. The van der Waals surface area contributed by atoms with Gasteiger partial charge in [0.25, 0.3) is 0 Å². The summed E-state index contributed by atoms with van der Waals surface area (Å²) < 4.78 is 2.10. The number of thiophene rings is 1. The molecule has 0 bridgehead atoms. The molecule has 4 nitrogen and oxygen atoms in total. The van der Waals surface area contributed by atoms with E-state index in [1.54, 1.807) is 0 Å². The predicted molar refractivity (Wildman–Crippen MR) is 79.5 cm³/mol. The zero-order valence-corrected chi connectivity index (χ0v) is 11.9. The number of rotatable bonds is 4. The highest BCUT2D eigenvalue weighted by atomic mass is 32.1. The molecular weight excluding hydrogens is 272 g/mol. The molecule has 0 radical (unpaired) electrons. The molecule has 3 rings (SSSR count). The van der Waals surface area contributed by atoms with Crippen molar-refractivity contribution >= 4 is 28.3 Å². The van der Waals surface area contributed by atoms with Crippen molar-refractivity contribution < 1.29 is 9.90 Å². The van der Waals surface area contributed by atoms with Gasteiger partial charge in [-0.3, -0.25) is 0 Å². The smallest absolute Gasteiger partial charge is 0.346 e. The number of benzene rings is 1. The Balaban J connectivity index is 2.10. The Morgan fingerprint density at radius 3 is 2.90 bits per heavy atom. The molecule has 0 saturated heterocycles. The summed E-state index contributed by atoms with van der Waals surface area (Å²) >= 11 is 1.27. The van der Waals surface area contributed by atoms with E-state index in [0.29, 0.717) is 11.4 Å². The van der Waals surface area contributed by atoms with Crippen LogP contribution in [0.5, 0.6) is 0 Å². The fourth-order valence-corrected chi connectivity index (χ4v) is 3.14. The number of carbonyl (C=O) groups is 1. The average molecular weight is 286 g/mol. The van der Waals surface area contributed by atoms with Gasteiger partial charge in [0.2, 0.25) is 0 Å². The lowest BCUT2D eigenvalue weighted by molar-refractivity contribution is 0.0701. The number of nitrogens with zero attached hydrogens (tertiary/aromatic N) is 2. The minimum Gasteiger partial charge on any atom is -0.477 e. The van der Waals surface area contributed by atoms with Gasteiger partial charge in [-0.05, 0) is 29.1 Å². The van der Waals surface area contributed by atoms with E-state index >= 15 is 0 Å². The summed E-state index contributed by atoms with van der Waals surface area (Å²) in [6, 6.07) is 9.82. The van der Waals surface area contributed by atoms with Crippen LogP contribution in [-0.4, -0.2) is 20.6 Å². The van der Waals surface area contributed by atoms with Crippen LogP contribution in [0.15, 0.2) is 35.7 Å². The lowest BCUT2D eigenvalue weighted by Crippen LogP contribution is -2.07. The number of hydrogen-bond donors (Lipinski definition) is 1. The molecule has 0 aliphatic rings. The van der Waals surface area contributed by atoms with Crippen molar-refractivity contribution in [1.29, 1.82) is 0 Å². The first-order valence-corrected chi connectivity index (χ1v) is 7.32. The molecule has 2 heterocycles.